The molecule has 3 rings (SSSR count). The van der Waals surface area contributed by atoms with Crippen LogP contribution in [0, 0.1) is 0 Å². The molecule has 0 radical (unpaired) electrons. The van der Waals surface area contributed by atoms with Crippen LogP contribution in [0.5, 0.6) is 0 Å². The van der Waals surface area contributed by atoms with Crippen molar-refractivity contribution < 1.29 is 0 Å². The molecule has 0 unspecified atom stereocenters. The monoisotopic (exact) mass is 287 g/mol. The van der Waals surface area contributed by atoms with E-state index in [0.29, 0.717) is 0 Å². The van der Waals surface area contributed by atoms with Crippen LogP contribution in [0.15, 0.2) is 30.3 Å². The molecule has 0 saturated heterocycles. The molecule has 3 aromatic rings. The van der Waals surface area contributed by atoms with E-state index in [0.717, 1.165) is 41.0 Å². The Morgan fingerprint density at radius 2 is 1.85 bits per heavy atom. The Morgan fingerprint density at radius 1 is 1.10 bits per heavy atom. The van der Waals surface area contributed by atoms with Crippen molar-refractivity contribution in [2.75, 3.05) is 13.1 Å². The third-order valence-corrected chi connectivity index (χ3v) is 4.28. The van der Waals surface area contributed by atoms with E-state index >= 15 is 0 Å². The fourth-order valence-electron chi connectivity index (χ4n) is 2.10. The predicted octanol–water partition coefficient (Wildman–Crippen LogP) is 2.69. The highest BCUT2D eigenvalue weighted by atomic mass is 32.1. The van der Waals surface area contributed by atoms with Crippen LogP contribution in [0.4, 0.5) is 0 Å². The predicted molar refractivity (Wildman–Crippen MR) is 80.7 cm³/mol. The lowest BCUT2D eigenvalue weighted by Gasteiger charge is -2.15. The second-order valence-electron chi connectivity index (χ2n) is 4.55. The first-order valence-electron chi connectivity index (χ1n) is 6.80. The molecular weight excluding hydrogens is 270 g/mol. The lowest BCUT2D eigenvalue weighted by molar-refractivity contribution is 0.286. The molecule has 0 fully saturated rings. The number of fused-ring (bicyclic) bond motifs is 1. The summed E-state index contributed by atoms with van der Waals surface area (Å²) in [6, 6.07) is 10.2. The molecule has 20 heavy (non-hydrogen) atoms. The van der Waals surface area contributed by atoms with Crippen molar-refractivity contribution in [1.82, 2.24) is 24.7 Å². The topological polar surface area (TPSA) is 46.3 Å². The average molecular weight is 287 g/mol. The highest BCUT2D eigenvalue weighted by Gasteiger charge is 2.14. The summed E-state index contributed by atoms with van der Waals surface area (Å²) in [6.45, 7) is 7.09. The average Bonchev–Trinajstić information content (AvgIpc) is 3.07. The molecule has 2 aromatic heterocycles. The van der Waals surface area contributed by atoms with Crippen LogP contribution < -0.4 is 0 Å². The van der Waals surface area contributed by atoms with Crippen molar-refractivity contribution >= 4 is 16.3 Å². The zero-order valence-corrected chi connectivity index (χ0v) is 12.5. The minimum atomic E-state index is 0.784. The van der Waals surface area contributed by atoms with Gasteiger partial charge in [-0.05, 0) is 13.1 Å². The van der Waals surface area contributed by atoms with Gasteiger partial charge in [-0.15, -0.1) is 10.2 Å². The zero-order chi connectivity index (χ0) is 13.9. The van der Waals surface area contributed by atoms with Crippen LogP contribution in [0.25, 0.3) is 15.5 Å². The Bertz CT molecular complexity index is 684. The Hall–Kier alpha value is -1.79. The van der Waals surface area contributed by atoms with Crippen LogP contribution in [-0.2, 0) is 6.54 Å². The summed E-state index contributed by atoms with van der Waals surface area (Å²) < 4.78 is 1.87. The summed E-state index contributed by atoms with van der Waals surface area (Å²) in [7, 11) is 0. The van der Waals surface area contributed by atoms with Crippen LogP contribution >= 0.6 is 11.3 Å². The first-order chi connectivity index (χ1) is 9.81. The fourth-order valence-corrected chi connectivity index (χ4v) is 2.96. The third-order valence-electron chi connectivity index (χ3n) is 3.34. The number of hydrogen-bond acceptors (Lipinski definition) is 5. The van der Waals surface area contributed by atoms with Gasteiger partial charge in [0.1, 0.15) is 5.01 Å². The van der Waals surface area contributed by atoms with Crippen molar-refractivity contribution in [3.8, 4) is 10.6 Å². The van der Waals surface area contributed by atoms with Gasteiger partial charge in [0.25, 0.3) is 0 Å². The minimum Gasteiger partial charge on any atom is -0.296 e. The molecule has 2 heterocycles. The first kappa shape index (κ1) is 13.2. The standard InChI is InChI=1S/C14H17N5S/c1-3-18(4-2)10-12-15-16-14-19(12)17-13(20-14)11-8-6-5-7-9-11/h5-9H,3-4,10H2,1-2H3. The van der Waals surface area contributed by atoms with E-state index < -0.39 is 0 Å². The van der Waals surface area contributed by atoms with Gasteiger partial charge in [0, 0.05) is 5.56 Å². The minimum absolute atomic E-state index is 0.784. The van der Waals surface area contributed by atoms with E-state index in [1.807, 2.05) is 22.7 Å². The Balaban J connectivity index is 1.95. The second kappa shape index (κ2) is 5.68. The Morgan fingerprint density at radius 3 is 2.55 bits per heavy atom. The van der Waals surface area contributed by atoms with E-state index in [9.17, 15) is 0 Å². The van der Waals surface area contributed by atoms with Gasteiger partial charge in [0.15, 0.2) is 5.82 Å². The van der Waals surface area contributed by atoms with E-state index in [2.05, 4.69) is 46.2 Å². The van der Waals surface area contributed by atoms with E-state index in [1.54, 1.807) is 11.3 Å². The maximum atomic E-state index is 4.65. The maximum Gasteiger partial charge on any atom is 0.235 e. The lowest BCUT2D eigenvalue weighted by Crippen LogP contribution is -2.23. The van der Waals surface area contributed by atoms with Crippen molar-refractivity contribution in [2.45, 2.75) is 20.4 Å². The molecule has 0 aliphatic heterocycles. The SMILES string of the molecule is CCN(CC)Cc1nnc2sc(-c3ccccc3)nn12. The van der Waals surface area contributed by atoms with Crippen LogP contribution in [0.3, 0.4) is 0 Å². The van der Waals surface area contributed by atoms with Gasteiger partial charge >= 0.3 is 0 Å². The van der Waals surface area contributed by atoms with Gasteiger partial charge in [-0.3, -0.25) is 4.90 Å². The van der Waals surface area contributed by atoms with Gasteiger partial charge in [-0.2, -0.15) is 9.61 Å². The molecule has 1 aromatic carbocycles. The molecule has 0 saturated carbocycles. The number of aromatic nitrogens is 4. The van der Waals surface area contributed by atoms with Crippen LogP contribution in [-0.4, -0.2) is 37.8 Å². The molecule has 0 aliphatic carbocycles. The smallest absolute Gasteiger partial charge is 0.235 e. The van der Waals surface area contributed by atoms with Crippen molar-refractivity contribution in [2.24, 2.45) is 0 Å². The number of benzene rings is 1. The van der Waals surface area contributed by atoms with Gasteiger partial charge in [-0.25, -0.2) is 0 Å². The fraction of sp³-hybridized carbons (Fsp3) is 0.357. The highest BCUT2D eigenvalue weighted by Crippen LogP contribution is 2.25. The summed E-state index contributed by atoms with van der Waals surface area (Å²) in [4.78, 5) is 3.16. The molecular formula is C14H17N5S. The molecule has 104 valence electrons. The quantitative estimate of drug-likeness (QED) is 0.724. The molecule has 0 spiro atoms. The summed E-state index contributed by atoms with van der Waals surface area (Å²) in [5.41, 5.74) is 1.12. The van der Waals surface area contributed by atoms with E-state index in [4.69, 9.17) is 0 Å². The molecule has 0 N–H and O–H groups in total. The van der Waals surface area contributed by atoms with Gasteiger partial charge in [-0.1, -0.05) is 55.5 Å². The molecule has 6 heteroatoms. The van der Waals surface area contributed by atoms with Gasteiger partial charge < -0.3 is 0 Å². The molecule has 0 aliphatic rings. The Labute approximate surface area is 121 Å². The second-order valence-corrected chi connectivity index (χ2v) is 5.50. The van der Waals surface area contributed by atoms with Crippen LogP contribution in [0.2, 0.25) is 0 Å². The molecule has 0 amide bonds. The molecule has 0 atom stereocenters. The first-order valence-corrected chi connectivity index (χ1v) is 7.62. The lowest BCUT2D eigenvalue weighted by atomic mass is 10.2. The summed E-state index contributed by atoms with van der Waals surface area (Å²) in [5.74, 6) is 0.905. The zero-order valence-electron chi connectivity index (χ0n) is 11.7. The Kier molecular flexibility index (Phi) is 3.75. The van der Waals surface area contributed by atoms with Crippen molar-refractivity contribution in [1.29, 1.82) is 0 Å². The third kappa shape index (κ3) is 2.44. The highest BCUT2D eigenvalue weighted by molar-refractivity contribution is 7.19. The van der Waals surface area contributed by atoms with Gasteiger partial charge in [0.05, 0.1) is 6.54 Å². The van der Waals surface area contributed by atoms with E-state index in [1.165, 1.54) is 0 Å². The molecule has 5 nitrogen and oxygen atoms in total. The largest absolute Gasteiger partial charge is 0.296 e. The normalized spacial score (nSPS) is 11.6. The molecule has 0 bridgehead atoms. The van der Waals surface area contributed by atoms with Crippen LogP contribution in [0.1, 0.15) is 19.7 Å². The summed E-state index contributed by atoms with van der Waals surface area (Å²) >= 11 is 1.57. The maximum absolute atomic E-state index is 4.65. The summed E-state index contributed by atoms with van der Waals surface area (Å²) in [6.07, 6.45) is 0. The number of nitrogens with zero attached hydrogens (tertiary/aromatic N) is 5. The van der Waals surface area contributed by atoms with Gasteiger partial charge in [0.2, 0.25) is 4.96 Å². The summed E-state index contributed by atoms with van der Waals surface area (Å²) in [5, 5.41) is 14.1. The van der Waals surface area contributed by atoms with Crippen molar-refractivity contribution in [3.63, 3.8) is 0 Å². The number of rotatable bonds is 5. The van der Waals surface area contributed by atoms with Crippen molar-refractivity contribution in [3.05, 3.63) is 36.2 Å². The number of hydrogen-bond donors (Lipinski definition) is 0. The van der Waals surface area contributed by atoms with E-state index in [-0.39, 0.29) is 0 Å².